The molecule has 5 nitrogen and oxygen atoms in total. The summed E-state index contributed by atoms with van der Waals surface area (Å²) in [6.07, 6.45) is 1.42. The maximum Gasteiger partial charge on any atom is 0.220 e. The standard InChI is InChI=1S/C22H26N4O/c1-15-10-19-20(11-16(15)2)25-21(24-19)12-23-22(27)8-5-9-26-13-17-6-3-4-7-18(17)14-26/h3-4,6-7,10-11H,5,8-9,12-14H2,1-2H3,(H,23,27)(H,24,25). The third kappa shape index (κ3) is 4.03. The smallest absolute Gasteiger partial charge is 0.220 e. The summed E-state index contributed by atoms with van der Waals surface area (Å²) in [5.41, 5.74) is 7.28. The summed E-state index contributed by atoms with van der Waals surface area (Å²) in [7, 11) is 0. The second-order valence-electron chi connectivity index (χ2n) is 7.50. The van der Waals surface area contributed by atoms with E-state index in [1.165, 1.54) is 22.3 Å². The van der Waals surface area contributed by atoms with Crippen LogP contribution in [0.25, 0.3) is 11.0 Å². The van der Waals surface area contributed by atoms with Gasteiger partial charge < -0.3 is 10.3 Å². The number of carbonyl (C=O) groups is 1. The molecule has 0 spiro atoms. The molecule has 2 heterocycles. The van der Waals surface area contributed by atoms with Crippen molar-refractivity contribution in [1.82, 2.24) is 20.2 Å². The van der Waals surface area contributed by atoms with E-state index in [2.05, 4.69) is 70.4 Å². The normalized spacial score (nSPS) is 13.9. The third-order valence-electron chi connectivity index (χ3n) is 5.38. The lowest BCUT2D eigenvalue weighted by Gasteiger charge is -2.14. The van der Waals surface area contributed by atoms with Crippen molar-refractivity contribution in [1.29, 1.82) is 0 Å². The summed E-state index contributed by atoms with van der Waals surface area (Å²) >= 11 is 0. The van der Waals surface area contributed by atoms with Gasteiger partial charge in [-0.25, -0.2) is 4.98 Å². The number of H-pyrrole nitrogens is 1. The lowest BCUT2D eigenvalue weighted by atomic mass is 10.1. The molecule has 0 aliphatic carbocycles. The SMILES string of the molecule is Cc1cc2nc(CNC(=O)CCCN3Cc4ccccc4C3)[nH]c2cc1C. The molecule has 0 fully saturated rings. The maximum absolute atomic E-state index is 12.2. The van der Waals surface area contributed by atoms with Gasteiger partial charge in [0.15, 0.2) is 0 Å². The topological polar surface area (TPSA) is 61.0 Å². The highest BCUT2D eigenvalue weighted by Gasteiger charge is 2.17. The van der Waals surface area contributed by atoms with Crippen LogP contribution in [0.4, 0.5) is 0 Å². The first kappa shape index (κ1) is 17.7. The molecule has 4 rings (SSSR count). The van der Waals surface area contributed by atoms with Gasteiger partial charge in [0, 0.05) is 19.5 Å². The zero-order valence-electron chi connectivity index (χ0n) is 16.0. The molecule has 0 radical (unpaired) electrons. The molecule has 0 unspecified atom stereocenters. The highest BCUT2D eigenvalue weighted by Crippen LogP contribution is 2.22. The first-order valence-electron chi connectivity index (χ1n) is 9.60. The Bertz CT molecular complexity index is 912. The molecule has 1 aliphatic heterocycles. The predicted molar refractivity (Wildman–Crippen MR) is 107 cm³/mol. The number of aromatic nitrogens is 2. The average molecular weight is 362 g/mol. The van der Waals surface area contributed by atoms with E-state index < -0.39 is 0 Å². The van der Waals surface area contributed by atoms with Crippen LogP contribution < -0.4 is 5.32 Å². The quantitative estimate of drug-likeness (QED) is 0.704. The number of nitrogens with one attached hydrogen (secondary N) is 2. The molecule has 0 saturated heterocycles. The van der Waals surface area contributed by atoms with Crippen molar-refractivity contribution in [3.8, 4) is 0 Å². The minimum atomic E-state index is 0.0829. The Morgan fingerprint density at radius 2 is 1.85 bits per heavy atom. The van der Waals surface area contributed by atoms with Crippen LogP contribution in [0.2, 0.25) is 0 Å². The van der Waals surface area contributed by atoms with Crippen molar-refractivity contribution in [2.75, 3.05) is 6.54 Å². The summed E-state index contributed by atoms with van der Waals surface area (Å²) in [4.78, 5) is 22.4. The molecule has 3 aromatic rings. The first-order chi connectivity index (χ1) is 13.1. The number of fused-ring (bicyclic) bond motifs is 2. The Balaban J connectivity index is 1.22. The molecule has 2 N–H and O–H groups in total. The number of hydrogen-bond donors (Lipinski definition) is 2. The van der Waals surface area contributed by atoms with Crippen LogP contribution in [0, 0.1) is 13.8 Å². The molecule has 1 aliphatic rings. The molecule has 1 aromatic heterocycles. The molecular formula is C22H26N4O. The Morgan fingerprint density at radius 1 is 1.15 bits per heavy atom. The number of aryl methyl sites for hydroxylation is 2. The monoisotopic (exact) mass is 362 g/mol. The summed E-state index contributed by atoms with van der Waals surface area (Å²) in [6.45, 7) is 7.57. The van der Waals surface area contributed by atoms with Gasteiger partial charge in [0.05, 0.1) is 17.6 Å². The molecule has 5 heteroatoms. The second kappa shape index (κ2) is 7.53. The lowest BCUT2D eigenvalue weighted by molar-refractivity contribution is -0.121. The minimum absolute atomic E-state index is 0.0829. The van der Waals surface area contributed by atoms with Crippen LogP contribution in [0.15, 0.2) is 36.4 Å². The third-order valence-corrected chi connectivity index (χ3v) is 5.38. The first-order valence-corrected chi connectivity index (χ1v) is 9.60. The zero-order chi connectivity index (χ0) is 18.8. The predicted octanol–water partition coefficient (Wildman–Crippen LogP) is 3.59. The van der Waals surface area contributed by atoms with Crippen LogP contribution in [0.5, 0.6) is 0 Å². The van der Waals surface area contributed by atoms with E-state index >= 15 is 0 Å². The molecule has 0 bridgehead atoms. The van der Waals surface area contributed by atoms with Crippen LogP contribution >= 0.6 is 0 Å². The average Bonchev–Trinajstić information content (AvgIpc) is 3.23. The fraction of sp³-hybridized carbons (Fsp3) is 0.364. The van der Waals surface area contributed by atoms with Gasteiger partial charge in [-0.2, -0.15) is 0 Å². The highest BCUT2D eigenvalue weighted by molar-refractivity contribution is 5.78. The summed E-state index contributed by atoms with van der Waals surface area (Å²) in [6, 6.07) is 12.8. The van der Waals surface area contributed by atoms with Gasteiger partial charge in [-0.05, 0) is 61.2 Å². The number of imidazole rings is 1. The van der Waals surface area contributed by atoms with E-state index in [4.69, 9.17) is 0 Å². The van der Waals surface area contributed by atoms with Crippen LogP contribution in [-0.2, 0) is 24.4 Å². The van der Waals surface area contributed by atoms with Gasteiger partial charge in [0.1, 0.15) is 5.82 Å². The maximum atomic E-state index is 12.2. The molecular weight excluding hydrogens is 336 g/mol. The number of hydrogen-bond acceptors (Lipinski definition) is 3. The molecule has 0 atom stereocenters. The number of aromatic amines is 1. The zero-order valence-corrected chi connectivity index (χ0v) is 16.0. The molecule has 2 aromatic carbocycles. The Kier molecular flexibility index (Phi) is 4.94. The number of carbonyl (C=O) groups excluding carboxylic acids is 1. The van der Waals surface area contributed by atoms with E-state index in [0.29, 0.717) is 13.0 Å². The van der Waals surface area contributed by atoms with Crippen molar-refractivity contribution in [2.45, 2.75) is 46.3 Å². The van der Waals surface area contributed by atoms with Gasteiger partial charge in [-0.3, -0.25) is 9.69 Å². The molecule has 27 heavy (non-hydrogen) atoms. The van der Waals surface area contributed by atoms with Gasteiger partial charge in [-0.1, -0.05) is 24.3 Å². The lowest BCUT2D eigenvalue weighted by Crippen LogP contribution is -2.25. The van der Waals surface area contributed by atoms with Crippen molar-refractivity contribution in [2.24, 2.45) is 0 Å². The van der Waals surface area contributed by atoms with Crippen molar-refractivity contribution in [3.63, 3.8) is 0 Å². The van der Waals surface area contributed by atoms with E-state index in [9.17, 15) is 4.79 Å². The number of benzene rings is 2. The van der Waals surface area contributed by atoms with Crippen molar-refractivity contribution in [3.05, 3.63) is 64.5 Å². The van der Waals surface area contributed by atoms with Crippen molar-refractivity contribution < 1.29 is 4.79 Å². The van der Waals surface area contributed by atoms with Crippen LogP contribution in [0.1, 0.15) is 40.9 Å². The van der Waals surface area contributed by atoms with E-state index in [0.717, 1.165) is 42.9 Å². The summed E-state index contributed by atoms with van der Waals surface area (Å²) in [5, 5.41) is 2.98. The highest BCUT2D eigenvalue weighted by atomic mass is 16.1. The second-order valence-corrected chi connectivity index (χ2v) is 7.50. The summed E-state index contributed by atoms with van der Waals surface area (Å²) in [5.74, 6) is 0.887. The minimum Gasteiger partial charge on any atom is -0.349 e. The Hall–Kier alpha value is -2.66. The van der Waals surface area contributed by atoms with Gasteiger partial charge in [-0.15, -0.1) is 0 Å². The van der Waals surface area contributed by atoms with Crippen LogP contribution in [0.3, 0.4) is 0 Å². The van der Waals surface area contributed by atoms with E-state index in [-0.39, 0.29) is 5.91 Å². The van der Waals surface area contributed by atoms with Crippen molar-refractivity contribution >= 4 is 16.9 Å². The fourth-order valence-corrected chi connectivity index (χ4v) is 3.70. The number of rotatable bonds is 6. The van der Waals surface area contributed by atoms with Gasteiger partial charge in [0.25, 0.3) is 0 Å². The van der Waals surface area contributed by atoms with E-state index in [1.54, 1.807) is 0 Å². The Labute approximate surface area is 159 Å². The fourth-order valence-electron chi connectivity index (χ4n) is 3.70. The Morgan fingerprint density at radius 3 is 2.59 bits per heavy atom. The number of amides is 1. The van der Waals surface area contributed by atoms with Gasteiger partial charge >= 0.3 is 0 Å². The largest absolute Gasteiger partial charge is 0.349 e. The molecule has 140 valence electrons. The number of nitrogens with zero attached hydrogens (tertiary/aromatic N) is 2. The summed E-state index contributed by atoms with van der Waals surface area (Å²) < 4.78 is 0. The molecule has 0 saturated carbocycles. The van der Waals surface area contributed by atoms with Gasteiger partial charge in [0.2, 0.25) is 5.91 Å². The van der Waals surface area contributed by atoms with Crippen LogP contribution in [-0.4, -0.2) is 27.3 Å². The molecule has 1 amide bonds. The van der Waals surface area contributed by atoms with E-state index in [1.807, 2.05) is 0 Å².